The first-order chi connectivity index (χ1) is 12.2. The van der Waals surface area contributed by atoms with Crippen LogP contribution in [-0.2, 0) is 0 Å². The van der Waals surface area contributed by atoms with Crippen LogP contribution in [0, 0.1) is 0 Å². The fourth-order valence-electron chi connectivity index (χ4n) is 2.58. The van der Waals surface area contributed by atoms with Gasteiger partial charge in [-0.15, -0.1) is 0 Å². The molecule has 0 atom stereocenters. The van der Waals surface area contributed by atoms with E-state index in [9.17, 15) is 9.59 Å². The molecule has 1 aliphatic rings. The Bertz CT molecular complexity index is 961. The Balaban J connectivity index is 1.57. The van der Waals surface area contributed by atoms with Gasteiger partial charge in [-0.05, 0) is 37.1 Å². The molecule has 2 aromatic heterocycles. The highest BCUT2D eigenvalue weighted by Crippen LogP contribution is 2.22. The van der Waals surface area contributed by atoms with E-state index in [0.29, 0.717) is 11.3 Å². The van der Waals surface area contributed by atoms with Crippen molar-refractivity contribution in [3.8, 4) is 0 Å². The predicted molar refractivity (Wildman–Crippen MR) is 94.4 cm³/mol. The normalized spacial score (nSPS) is 13.4. The minimum Gasteiger partial charge on any atom is -0.348 e. The molecule has 1 aromatic carbocycles. The Kier molecular flexibility index (Phi) is 3.85. The number of carbonyl (C=O) groups is 2. The van der Waals surface area contributed by atoms with Crippen LogP contribution >= 0.6 is 0 Å². The molecule has 2 heterocycles. The van der Waals surface area contributed by atoms with Crippen molar-refractivity contribution in [2.75, 3.05) is 5.32 Å². The number of nitrogens with one attached hydrogen (secondary N) is 2. The van der Waals surface area contributed by atoms with Gasteiger partial charge in [0, 0.05) is 29.4 Å². The molecule has 0 saturated heterocycles. The highest BCUT2D eigenvalue weighted by atomic mass is 16.2. The summed E-state index contributed by atoms with van der Waals surface area (Å²) in [7, 11) is 0. The van der Waals surface area contributed by atoms with Gasteiger partial charge in [-0.3, -0.25) is 19.6 Å². The topological polar surface area (TPSA) is 84.0 Å². The highest BCUT2D eigenvalue weighted by molar-refractivity contribution is 6.09. The smallest absolute Gasteiger partial charge is 0.270 e. The van der Waals surface area contributed by atoms with Gasteiger partial charge in [0.05, 0.1) is 11.2 Å². The average Bonchev–Trinajstić information content (AvgIpc) is 3.46. The van der Waals surface area contributed by atoms with E-state index >= 15 is 0 Å². The van der Waals surface area contributed by atoms with Gasteiger partial charge < -0.3 is 10.6 Å². The lowest BCUT2D eigenvalue weighted by Crippen LogP contribution is -2.26. The number of aromatic nitrogens is 2. The number of benzene rings is 1. The summed E-state index contributed by atoms with van der Waals surface area (Å²) in [5.74, 6) is -0.551. The van der Waals surface area contributed by atoms with Gasteiger partial charge in [0.2, 0.25) is 0 Å². The van der Waals surface area contributed by atoms with Crippen LogP contribution in [0.15, 0.2) is 54.9 Å². The van der Waals surface area contributed by atoms with E-state index in [1.54, 1.807) is 18.3 Å². The van der Waals surface area contributed by atoms with Crippen LogP contribution in [0.2, 0.25) is 0 Å². The zero-order valence-corrected chi connectivity index (χ0v) is 13.4. The fraction of sp³-hybridized carbons (Fsp3) is 0.158. The minimum atomic E-state index is -0.305. The van der Waals surface area contributed by atoms with Gasteiger partial charge in [0.1, 0.15) is 5.69 Å². The van der Waals surface area contributed by atoms with Crippen molar-refractivity contribution < 1.29 is 9.59 Å². The lowest BCUT2D eigenvalue weighted by molar-refractivity contribution is 0.0946. The average molecular weight is 332 g/mol. The van der Waals surface area contributed by atoms with Gasteiger partial charge in [-0.25, -0.2) is 0 Å². The van der Waals surface area contributed by atoms with E-state index in [4.69, 9.17) is 0 Å². The Morgan fingerprint density at radius 2 is 1.80 bits per heavy atom. The molecule has 2 amide bonds. The number of anilines is 1. The van der Waals surface area contributed by atoms with Crippen LogP contribution < -0.4 is 10.6 Å². The maximum absolute atomic E-state index is 12.6. The van der Waals surface area contributed by atoms with Crippen molar-refractivity contribution in [3.05, 3.63) is 66.1 Å². The van der Waals surface area contributed by atoms with Crippen LogP contribution in [-0.4, -0.2) is 27.8 Å². The van der Waals surface area contributed by atoms with Gasteiger partial charge in [0.25, 0.3) is 11.8 Å². The van der Waals surface area contributed by atoms with Gasteiger partial charge in [-0.1, -0.05) is 18.2 Å². The van der Waals surface area contributed by atoms with Gasteiger partial charge >= 0.3 is 0 Å². The van der Waals surface area contributed by atoms with Crippen molar-refractivity contribution in [3.63, 3.8) is 0 Å². The van der Waals surface area contributed by atoms with E-state index in [1.807, 2.05) is 24.3 Å². The molecular formula is C19H16N4O2. The van der Waals surface area contributed by atoms with E-state index < -0.39 is 0 Å². The number of amides is 2. The summed E-state index contributed by atoms with van der Waals surface area (Å²) >= 11 is 0. The molecule has 1 fully saturated rings. The summed E-state index contributed by atoms with van der Waals surface area (Å²) in [6, 6.07) is 12.7. The number of carbonyl (C=O) groups excluding carboxylic acids is 2. The first kappa shape index (κ1) is 15.3. The monoisotopic (exact) mass is 332 g/mol. The summed E-state index contributed by atoms with van der Waals surface area (Å²) < 4.78 is 0. The Hall–Kier alpha value is -3.28. The molecule has 2 N–H and O–H groups in total. The Labute approximate surface area is 144 Å². The third-order valence-electron chi connectivity index (χ3n) is 4.05. The number of hydrogen-bond donors (Lipinski definition) is 2. The van der Waals surface area contributed by atoms with Crippen LogP contribution in [0.25, 0.3) is 10.9 Å². The third kappa shape index (κ3) is 3.33. The molecule has 1 saturated carbocycles. The quantitative estimate of drug-likeness (QED) is 0.769. The Morgan fingerprint density at radius 3 is 2.64 bits per heavy atom. The number of para-hydroxylation sites is 1. The van der Waals surface area contributed by atoms with Crippen molar-refractivity contribution in [1.29, 1.82) is 0 Å². The fourth-order valence-corrected chi connectivity index (χ4v) is 2.58. The molecule has 0 bridgehead atoms. The van der Waals surface area contributed by atoms with Gasteiger partial charge in [0.15, 0.2) is 0 Å². The Morgan fingerprint density at radius 1 is 0.960 bits per heavy atom. The SMILES string of the molecule is O=C(Nc1cccc2cccnc12)c1ccnc(C(=O)NC2CC2)c1. The molecule has 0 radical (unpaired) electrons. The molecule has 3 aromatic rings. The zero-order chi connectivity index (χ0) is 17.2. The summed E-state index contributed by atoms with van der Waals surface area (Å²) in [5.41, 5.74) is 1.97. The predicted octanol–water partition coefficient (Wildman–Crippen LogP) is 2.77. The number of nitrogens with zero attached hydrogens (tertiary/aromatic N) is 2. The third-order valence-corrected chi connectivity index (χ3v) is 4.05. The molecule has 1 aliphatic carbocycles. The maximum Gasteiger partial charge on any atom is 0.270 e. The standard InChI is InChI=1S/C19H16N4O2/c24-18(23-15-5-1-3-12-4-2-9-21-17(12)15)13-8-10-20-16(11-13)19(25)22-14-6-7-14/h1-5,8-11,14H,6-7H2,(H,22,25)(H,23,24). The van der Waals surface area contributed by atoms with E-state index in [-0.39, 0.29) is 23.6 Å². The van der Waals surface area contributed by atoms with Crippen molar-refractivity contribution in [2.24, 2.45) is 0 Å². The summed E-state index contributed by atoms with van der Waals surface area (Å²) in [5, 5.41) is 6.67. The molecule has 0 spiro atoms. The molecule has 4 rings (SSSR count). The lowest BCUT2D eigenvalue weighted by atomic mass is 10.1. The van der Waals surface area contributed by atoms with Crippen molar-refractivity contribution in [1.82, 2.24) is 15.3 Å². The molecule has 124 valence electrons. The van der Waals surface area contributed by atoms with Crippen LogP contribution in [0.3, 0.4) is 0 Å². The number of pyridine rings is 2. The minimum absolute atomic E-state index is 0.244. The van der Waals surface area contributed by atoms with E-state index in [1.165, 1.54) is 12.3 Å². The molecular weight excluding hydrogens is 316 g/mol. The van der Waals surface area contributed by atoms with Crippen LogP contribution in [0.5, 0.6) is 0 Å². The molecule has 6 heteroatoms. The highest BCUT2D eigenvalue weighted by Gasteiger charge is 2.24. The zero-order valence-electron chi connectivity index (χ0n) is 13.4. The van der Waals surface area contributed by atoms with Gasteiger partial charge in [-0.2, -0.15) is 0 Å². The van der Waals surface area contributed by atoms with Crippen LogP contribution in [0.1, 0.15) is 33.7 Å². The van der Waals surface area contributed by atoms with Crippen LogP contribution in [0.4, 0.5) is 5.69 Å². The number of rotatable bonds is 4. The van der Waals surface area contributed by atoms with Crippen molar-refractivity contribution >= 4 is 28.4 Å². The first-order valence-electron chi connectivity index (χ1n) is 8.13. The summed E-state index contributed by atoms with van der Waals surface area (Å²) in [4.78, 5) is 33.0. The molecule has 0 unspecified atom stereocenters. The second kappa shape index (κ2) is 6.32. The molecule has 25 heavy (non-hydrogen) atoms. The first-order valence-corrected chi connectivity index (χ1v) is 8.13. The molecule has 0 aliphatic heterocycles. The second-order valence-corrected chi connectivity index (χ2v) is 6.01. The van der Waals surface area contributed by atoms with Crippen molar-refractivity contribution in [2.45, 2.75) is 18.9 Å². The van der Waals surface area contributed by atoms with E-state index in [2.05, 4.69) is 20.6 Å². The summed E-state index contributed by atoms with van der Waals surface area (Å²) in [6.07, 6.45) is 5.16. The lowest BCUT2D eigenvalue weighted by Gasteiger charge is -2.09. The largest absolute Gasteiger partial charge is 0.348 e. The second-order valence-electron chi connectivity index (χ2n) is 6.01. The summed E-state index contributed by atoms with van der Waals surface area (Å²) in [6.45, 7) is 0. The maximum atomic E-state index is 12.6. The number of fused-ring (bicyclic) bond motifs is 1. The molecule has 6 nitrogen and oxygen atoms in total. The van der Waals surface area contributed by atoms with E-state index in [0.717, 1.165) is 23.7 Å². The number of hydrogen-bond acceptors (Lipinski definition) is 4.